The van der Waals surface area contributed by atoms with E-state index in [4.69, 9.17) is 99.5 Å². The molecule has 11 rings (SSSR count). The van der Waals surface area contributed by atoms with Crippen LogP contribution in [0.5, 0.6) is 0 Å². The Bertz CT molecular complexity index is 4130. The van der Waals surface area contributed by atoms with Gasteiger partial charge in [0.1, 0.15) is 80.4 Å². The summed E-state index contributed by atoms with van der Waals surface area (Å²) in [6.45, 7) is 5.79. The molecule has 4 aliphatic rings. The van der Waals surface area contributed by atoms with Crippen LogP contribution in [-0.2, 0) is 179 Å². The van der Waals surface area contributed by atoms with E-state index < -0.39 is 178 Å². The number of rotatable bonds is 38. The van der Waals surface area contributed by atoms with Crippen LogP contribution in [-0.4, -0.2) is 191 Å². The standard InChI is InChI=1S/C87H98O28/c1-54(88)97-52-70-74(104-56(3)90)78(105-57(4)91)82(107-59(6)93)87(111-70)115-75-71(53-98-55(2)89)112-86(83(108-60(7)94)79(75)106-58(5)92)114-73-69(51-96-44-62-31-17-9-18-32-62)110-85(81(102-48-66-39-25-13-26-40-66)77(73)100-46-64-35-21-11-22-36-64)113-72-68(50-95-43-61-29-15-8-16-30-61)109-84(103-49-67-41-27-14-28-42-67)80(101-47-65-37-23-12-24-38-65)76(72)99-45-63-33-19-10-20-34-63/h8-42,68-87H,43-53H2,1-7H3/t68-,69-,70-,71-,72-,73-,74-,75-,76+,77+,78+,79+,80-,81-,82-,83-,84-,85+,86+,87+/m1/s1. The molecule has 4 heterocycles. The van der Waals surface area contributed by atoms with Crippen molar-refractivity contribution in [2.45, 2.75) is 218 Å². The van der Waals surface area contributed by atoms with E-state index in [1.165, 1.54) is 0 Å². The number of carbonyl (C=O) groups is 7. The van der Waals surface area contributed by atoms with Crippen molar-refractivity contribution in [3.63, 3.8) is 0 Å². The smallest absolute Gasteiger partial charge is 0.303 e. The van der Waals surface area contributed by atoms with Crippen LogP contribution in [0.3, 0.4) is 0 Å². The molecule has 115 heavy (non-hydrogen) atoms. The fourth-order valence-electron chi connectivity index (χ4n) is 13.8. The van der Waals surface area contributed by atoms with Crippen LogP contribution in [0.25, 0.3) is 0 Å². The van der Waals surface area contributed by atoms with E-state index in [0.717, 1.165) is 76.3 Å². The van der Waals surface area contributed by atoms with Crippen molar-refractivity contribution >= 4 is 41.8 Å². The number of hydrogen-bond acceptors (Lipinski definition) is 28. The molecule has 7 aromatic rings. The summed E-state index contributed by atoms with van der Waals surface area (Å²) >= 11 is 0. The third kappa shape index (κ3) is 25.9. The SMILES string of the molecule is CC(=O)OC[C@H]1O[C@@H](O[C@H]2[C@H](OC(C)=O)[C@@H](OC(C)=O)[C@H](O[C@H]3[C@H](OCc4ccccc4)[C@@H](OCc4ccccc4)[C@H](O[C@H]4[C@H](OCc5ccccc5)[C@@H](OCc5ccccc5)[C@H](OCc5ccccc5)O[C@@H]4COCc4ccccc4)O[C@@H]3COCc3ccccc3)O[C@@H]2COC(C)=O)[C@H](OC(C)=O)[C@@H](OC(C)=O)[C@@H]1OC(C)=O. The van der Waals surface area contributed by atoms with Gasteiger partial charge in [0.05, 0.1) is 59.5 Å². The van der Waals surface area contributed by atoms with Gasteiger partial charge in [0.25, 0.3) is 0 Å². The van der Waals surface area contributed by atoms with Crippen LogP contribution >= 0.6 is 0 Å². The van der Waals surface area contributed by atoms with Crippen LogP contribution in [0.4, 0.5) is 0 Å². The van der Waals surface area contributed by atoms with Crippen LogP contribution in [0.1, 0.15) is 87.4 Å². The Morgan fingerprint density at radius 3 is 0.765 bits per heavy atom. The van der Waals surface area contributed by atoms with Gasteiger partial charge in [-0.15, -0.1) is 0 Å². The summed E-state index contributed by atoms with van der Waals surface area (Å²) in [4.78, 5) is 92.6. The zero-order valence-corrected chi connectivity index (χ0v) is 65.0. The number of esters is 7. The second-order valence-electron chi connectivity index (χ2n) is 27.8. The highest BCUT2D eigenvalue weighted by atomic mass is 16.8. The molecule has 0 unspecified atom stereocenters. The second-order valence-corrected chi connectivity index (χ2v) is 27.8. The number of carbonyl (C=O) groups excluding carboxylic acids is 7. The lowest BCUT2D eigenvalue weighted by Gasteiger charge is -2.52. The minimum atomic E-state index is -1.98. The third-order valence-corrected chi connectivity index (χ3v) is 18.8. The van der Waals surface area contributed by atoms with Crippen molar-refractivity contribution in [2.24, 2.45) is 0 Å². The largest absolute Gasteiger partial charge is 0.463 e. The van der Waals surface area contributed by atoms with Gasteiger partial charge in [0.15, 0.2) is 55.7 Å². The molecule has 0 N–H and O–H groups in total. The van der Waals surface area contributed by atoms with E-state index in [9.17, 15) is 33.6 Å². The Balaban J connectivity index is 1.05. The fraction of sp³-hybridized carbons (Fsp3) is 0.437. The number of hydrogen-bond donors (Lipinski definition) is 0. The van der Waals surface area contributed by atoms with E-state index in [1.807, 2.05) is 212 Å². The molecule has 28 heteroatoms. The van der Waals surface area contributed by atoms with E-state index in [2.05, 4.69) is 0 Å². The van der Waals surface area contributed by atoms with Gasteiger partial charge in [-0.1, -0.05) is 212 Å². The Morgan fingerprint density at radius 2 is 0.452 bits per heavy atom. The topological polar surface area (TPSA) is 313 Å². The lowest BCUT2D eigenvalue weighted by atomic mass is 9.94. The normalized spacial score (nSPS) is 27.2. The Kier molecular flexibility index (Phi) is 32.8. The monoisotopic (exact) mass is 1590 g/mol. The maximum absolute atomic E-state index is 14.0. The van der Waals surface area contributed by atoms with E-state index in [1.54, 1.807) is 0 Å². The molecule has 0 amide bonds. The van der Waals surface area contributed by atoms with Gasteiger partial charge in [-0.3, -0.25) is 33.6 Å². The average Bonchev–Trinajstić information content (AvgIpc) is 0.758. The van der Waals surface area contributed by atoms with Crippen molar-refractivity contribution in [3.8, 4) is 0 Å². The van der Waals surface area contributed by atoms with Crippen molar-refractivity contribution < 1.29 is 133 Å². The first-order valence-electron chi connectivity index (χ1n) is 38.0. The molecule has 20 atom stereocenters. The summed E-state index contributed by atoms with van der Waals surface area (Å²) in [5.74, 6) is -6.44. The molecular weight excluding hydrogens is 1490 g/mol. The molecule has 0 bridgehead atoms. The molecule has 0 spiro atoms. The van der Waals surface area contributed by atoms with Gasteiger partial charge in [0, 0.05) is 48.5 Å². The molecule has 0 aromatic heterocycles. The minimum absolute atomic E-state index is 0.0210. The summed E-state index contributed by atoms with van der Waals surface area (Å²) in [6.07, 6.45) is -30.8. The van der Waals surface area contributed by atoms with Gasteiger partial charge in [-0.25, -0.2) is 0 Å². The van der Waals surface area contributed by atoms with E-state index >= 15 is 0 Å². The Labute approximate surface area is 667 Å². The summed E-state index contributed by atoms with van der Waals surface area (Å²) in [6, 6.07) is 66.4. The second kappa shape index (κ2) is 43.8. The summed E-state index contributed by atoms with van der Waals surface area (Å²) in [5, 5.41) is 0. The molecule has 7 aromatic carbocycles. The highest BCUT2D eigenvalue weighted by molar-refractivity contribution is 5.69. The quantitative estimate of drug-likeness (QED) is 0.0257. The first kappa shape index (κ1) is 86.1. The first-order chi connectivity index (χ1) is 55.8. The maximum Gasteiger partial charge on any atom is 0.303 e. The number of benzene rings is 7. The third-order valence-electron chi connectivity index (χ3n) is 18.8. The molecule has 4 aliphatic heterocycles. The molecule has 4 saturated heterocycles. The molecular formula is C87H98O28. The van der Waals surface area contributed by atoms with Gasteiger partial charge < -0.3 is 99.5 Å². The maximum atomic E-state index is 14.0. The van der Waals surface area contributed by atoms with Gasteiger partial charge in [0.2, 0.25) is 0 Å². The van der Waals surface area contributed by atoms with E-state index in [0.29, 0.717) is 11.1 Å². The zero-order valence-electron chi connectivity index (χ0n) is 65.0. The fourth-order valence-corrected chi connectivity index (χ4v) is 13.8. The lowest BCUT2D eigenvalue weighted by Crippen LogP contribution is -2.69. The Morgan fingerprint density at radius 1 is 0.226 bits per heavy atom. The van der Waals surface area contributed by atoms with Crippen LogP contribution in [0.15, 0.2) is 212 Å². The first-order valence-corrected chi connectivity index (χ1v) is 38.0. The molecule has 0 aliphatic carbocycles. The van der Waals surface area contributed by atoms with Gasteiger partial charge in [-0.2, -0.15) is 0 Å². The predicted molar refractivity (Wildman–Crippen MR) is 404 cm³/mol. The zero-order chi connectivity index (χ0) is 81.0. The average molecular weight is 1590 g/mol. The predicted octanol–water partition coefficient (Wildman–Crippen LogP) is 9.82. The highest BCUT2D eigenvalue weighted by Crippen LogP contribution is 2.41. The molecule has 4 fully saturated rings. The van der Waals surface area contributed by atoms with Crippen molar-refractivity contribution in [1.29, 1.82) is 0 Å². The van der Waals surface area contributed by atoms with Gasteiger partial charge in [-0.05, 0) is 38.9 Å². The van der Waals surface area contributed by atoms with E-state index in [-0.39, 0.29) is 59.5 Å². The van der Waals surface area contributed by atoms with Crippen LogP contribution in [0, 0.1) is 0 Å². The molecule has 0 radical (unpaired) electrons. The van der Waals surface area contributed by atoms with Crippen LogP contribution < -0.4 is 0 Å². The minimum Gasteiger partial charge on any atom is -0.463 e. The van der Waals surface area contributed by atoms with Gasteiger partial charge >= 0.3 is 41.8 Å². The molecule has 614 valence electrons. The Hall–Kier alpha value is -9.73. The lowest BCUT2D eigenvalue weighted by molar-refractivity contribution is -0.397. The van der Waals surface area contributed by atoms with Crippen molar-refractivity contribution in [3.05, 3.63) is 251 Å². The summed E-state index contributed by atoms with van der Waals surface area (Å²) in [7, 11) is 0. The number of ether oxygens (including phenoxy) is 21. The summed E-state index contributed by atoms with van der Waals surface area (Å²) < 4.78 is 140. The van der Waals surface area contributed by atoms with Crippen LogP contribution in [0.2, 0.25) is 0 Å². The summed E-state index contributed by atoms with van der Waals surface area (Å²) in [5.41, 5.74) is 5.57. The molecule has 28 nitrogen and oxygen atoms in total. The van der Waals surface area contributed by atoms with Crippen molar-refractivity contribution in [1.82, 2.24) is 0 Å². The molecule has 0 saturated carbocycles. The highest BCUT2D eigenvalue weighted by Gasteiger charge is 2.61. The van der Waals surface area contributed by atoms with Crippen molar-refractivity contribution in [2.75, 3.05) is 26.4 Å².